The van der Waals surface area contributed by atoms with Crippen molar-refractivity contribution in [2.75, 3.05) is 13.7 Å². The molecule has 0 atom stereocenters. The molecule has 0 fully saturated rings. The van der Waals surface area contributed by atoms with Gasteiger partial charge in [-0.15, -0.1) is 0 Å². The minimum atomic E-state index is 0.764. The second-order valence-corrected chi connectivity index (χ2v) is 4.45. The normalized spacial score (nSPS) is 15.3. The van der Waals surface area contributed by atoms with Crippen molar-refractivity contribution in [3.05, 3.63) is 33.3 Å². The number of rotatable bonds is 2. The standard InChI is InChI=1S/C11H14BrNO/c1-13-6-9-5-10(12)4-8-2-3-14-7-11(8)9/h4-5,13H,2-3,6-7H2,1H3. The fourth-order valence-corrected chi connectivity index (χ4v) is 2.42. The first-order chi connectivity index (χ1) is 6.81. The SMILES string of the molecule is CNCc1cc(Br)cc2c1COCC2. The zero-order valence-electron chi connectivity index (χ0n) is 8.27. The quantitative estimate of drug-likeness (QED) is 0.876. The summed E-state index contributed by atoms with van der Waals surface area (Å²) >= 11 is 3.54. The van der Waals surface area contributed by atoms with Crippen LogP contribution in [0.15, 0.2) is 16.6 Å². The van der Waals surface area contributed by atoms with Gasteiger partial charge >= 0.3 is 0 Å². The van der Waals surface area contributed by atoms with E-state index in [1.165, 1.54) is 21.2 Å². The second-order valence-electron chi connectivity index (χ2n) is 3.54. The van der Waals surface area contributed by atoms with E-state index in [1.807, 2.05) is 7.05 Å². The van der Waals surface area contributed by atoms with Crippen LogP contribution in [0.5, 0.6) is 0 Å². The Balaban J connectivity index is 2.41. The van der Waals surface area contributed by atoms with Crippen molar-refractivity contribution in [3.8, 4) is 0 Å². The molecule has 0 bridgehead atoms. The molecule has 1 aliphatic rings. The Hall–Kier alpha value is -0.380. The maximum Gasteiger partial charge on any atom is 0.0722 e. The molecule has 1 N–H and O–H groups in total. The van der Waals surface area contributed by atoms with Crippen LogP contribution >= 0.6 is 15.9 Å². The van der Waals surface area contributed by atoms with Crippen molar-refractivity contribution in [1.29, 1.82) is 0 Å². The fraction of sp³-hybridized carbons (Fsp3) is 0.455. The summed E-state index contributed by atoms with van der Waals surface area (Å²) in [5.74, 6) is 0. The maximum atomic E-state index is 5.48. The summed E-state index contributed by atoms with van der Waals surface area (Å²) in [4.78, 5) is 0. The lowest BCUT2D eigenvalue weighted by Crippen LogP contribution is -2.15. The van der Waals surface area contributed by atoms with Crippen LogP contribution < -0.4 is 5.32 Å². The predicted molar refractivity (Wildman–Crippen MR) is 60.3 cm³/mol. The van der Waals surface area contributed by atoms with Crippen LogP contribution in [0.3, 0.4) is 0 Å². The molecular formula is C11H14BrNO. The van der Waals surface area contributed by atoms with Gasteiger partial charge in [-0.1, -0.05) is 15.9 Å². The van der Waals surface area contributed by atoms with Gasteiger partial charge in [-0.2, -0.15) is 0 Å². The number of ether oxygens (including phenoxy) is 1. The monoisotopic (exact) mass is 255 g/mol. The van der Waals surface area contributed by atoms with Crippen LogP contribution in [0.4, 0.5) is 0 Å². The van der Waals surface area contributed by atoms with Crippen LogP contribution in [-0.2, 0) is 24.3 Å². The topological polar surface area (TPSA) is 21.3 Å². The molecule has 0 aromatic heterocycles. The molecule has 0 saturated heterocycles. The van der Waals surface area contributed by atoms with Gasteiger partial charge in [0.15, 0.2) is 0 Å². The number of benzene rings is 1. The van der Waals surface area contributed by atoms with Gasteiger partial charge < -0.3 is 10.1 Å². The van der Waals surface area contributed by atoms with E-state index in [0.717, 1.165) is 26.2 Å². The molecule has 14 heavy (non-hydrogen) atoms. The zero-order chi connectivity index (χ0) is 9.97. The molecule has 0 aliphatic carbocycles. The first kappa shape index (κ1) is 10.1. The lowest BCUT2D eigenvalue weighted by atomic mass is 9.98. The third kappa shape index (κ3) is 2.00. The number of halogens is 1. The van der Waals surface area contributed by atoms with Crippen LogP contribution in [0.1, 0.15) is 16.7 Å². The third-order valence-corrected chi connectivity index (χ3v) is 2.99. The summed E-state index contributed by atoms with van der Waals surface area (Å²) in [6, 6.07) is 4.38. The molecule has 2 nitrogen and oxygen atoms in total. The summed E-state index contributed by atoms with van der Waals surface area (Å²) in [6.45, 7) is 2.52. The molecule has 1 heterocycles. The minimum Gasteiger partial charge on any atom is -0.376 e. The van der Waals surface area contributed by atoms with E-state index in [2.05, 4.69) is 33.4 Å². The molecule has 1 aromatic rings. The Morgan fingerprint density at radius 1 is 1.50 bits per heavy atom. The van der Waals surface area contributed by atoms with Gasteiger partial charge in [0.2, 0.25) is 0 Å². The predicted octanol–water partition coefficient (Wildman–Crippen LogP) is 2.24. The van der Waals surface area contributed by atoms with Gasteiger partial charge in [0.25, 0.3) is 0 Å². The molecule has 76 valence electrons. The van der Waals surface area contributed by atoms with Crippen molar-refractivity contribution in [3.63, 3.8) is 0 Å². The minimum absolute atomic E-state index is 0.764. The van der Waals surface area contributed by atoms with Crippen molar-refractivity contribution >= 4 is 15.9 Å². The maximum absolute atomic E-state index is 5.48. The Morgan fingerprint density at radius 3 is 3.14 bits per heavy atom. The molecular weight excluding hydrogens is 242 g/mol. The van der Waals surface area contributed by atoms with E-state index in [4.69, 9.17) is 4.74 Å². The highest BCUT2D eigenvalue weighted by Crippen LogP contribution is 2.25. The second kappa shape index (κ2) is 4.43. The number of hydrogen-bond donors (Lipinski definition) is 1. The lowest BCUT2D eigenvalue weighted by Gasteiger charge is -2.20. The van der Waals surface area contributed by atoms with Crippen LogP contribution in [0, 0.1) is 0 Å². The fourth-order valence-electron chi connectivity index (χ4n) is 1.87. The van der Waals surface area contributed by atoms with Gasteiger partial charge in [-0.25, -0.2) is 0 Å². The van der Waals surface area contributed by atoms with Crippen molar-refractivity contribution in [2.45, 2.75) is 19.6 Å². The van der Waals surface area contributed by atoms with E-state index in [-0.39, 0.29) is 0 Å². The molecule has 1 aromatic carbocycles. The molecule has 3 heteroatoms. The van der Waals surface area contributed by atoms with Gasteiger partial charge in [0.05, 0.1) is 13.2 Å². The number of nitrogens with one attached hydrogen (secondary N) is 1. The molecule has 0 saturated carbocycles. The average Bonchev–Trinajstić information content (AvgIpc) is 2.18. The van der Waals surface area contributed by atoms with Crippen LogP contribution in [0.2, 0.25) is 0 Å². The summed E-state index contributed by atoms with van der Waals surface area (Å²) in [5.41, 5.74) is 4.14. The first-order valence-electron chi connectivity index (χ1n) is 4.84. The molecule has 0 amide bonds. The highest BCUT2D eigenvalue weighted by Gasteiger charge is 2.13. The van der Waals surface area contributed by atoms with E-state index < -0.39 is 0 Å². The van der Waals surface area contributed by atoms with Gasteiger partial charge in [-0.3, -0.25) is 0 Å². The highest BCUT2D eigenvalue weighted by atomic mass is 79.9. The average molecular weight is 256 g/mol. The molecule has 0 spiro atoms. The van der Waals surface area contributed by atoms with E-state index in [0.29, 0.717) is 0 Å². The Labute approximate surface area is 92.8 Å². The summed E-state index contributed by atoms with van der Waals surface area (Å²) in [7, 11) is 1.97. The number of hydrogen-bond acceptors (Lipinski definition) is 2. The summed E-state index contributed by atoms with van der Waals surface area (Å²) < 4.78 is 6.65. The van der Waals surface area contributed by atoms with Gasteiger partial charge in [0, 0.05) is 11.0 Å². The highest BCUT2D eigenvalue weighted by molar-refractivity contribution is 9.10. The third-order valence-electron chi connectivity index (χ3n) is 2.53. The number of fused-ring (bicyclic) bond motifs is 1. The van der Waals surface area contributed by atoms with Crippen LogP contribution in [0.25, 0.3) is 0 Å². The molecule has 0 unspecified atom stereocenters. The molecule has 2 rings (SSSR count). The molecule has 0 radical (unpaired) electrons. The Kier molecular flexibility index (Phi) is 3.21. The smallest absolute Gasteiger partial charge is 0.0722 e. The molecule has 1 aliphatic heterocycles. The Morgan fingerprint density at radius 2 is 2.36 bits per heavy atom. The largest absolute Gasteiger partial charge is 0.376 e. The van der Waals surface area contributed by atoms with Crippen molar-refractivity contribution in [1.82, 2.24) is 5.32 Å². The summed E-state index contributed by atoms with van der Waals surface area (Å²) in [6.07, 6.45) is 1.03. The van der Waals surface area contributed by atoms with Crippen molar-refractivity contribution < 1.29 is 4.74 Å². The van der Waals surface area contributed by atoms with E-state index >= 15 is 0 Å². The van der Waals surface area contributed by atoms with Crippen molar-refractivity contribution in [2.24, 2.45) is 0 Å². The van der Waals surface area contributed by atoms with E-state index in [9.17, 15) is 0 Å². The summed E-state index contributed by atoms with van der Waals surface area (Å²) in [5, 5.41) is 3.18. The first-order valence-corrected chi connectivity index (χ1v) is 5.63. The zero-order valence-corrected chi connectivity index (χ0v) is 9.86. The van der Waals surface area contributed by atoms with Gasteiger partial charge in [0.1, 0.15) is 0 Å². The Bertz CT molecular complexity index is 338. The van der Waals surface area contributed by atoms with Gasteiger partial charge in [-0.05, 0) is 42.3 Å². The lowest BCUT2D eigenvalue weighted by molar-refractivity contribution is 0.110. The van der Waals surface area contributed by atoms with Crippen LogP contribution in [-0.4, -0.2) is 13.7 Å². The van der Waals surface area contributed by atoms with E-state index in [1.54, 1.807) is 0 Å².